The molecule has 34 heavy (non-hydrogen) atoms. The molecule has 5 rings (SSSR count). The van der Waals surface area contributed by atoms with E-state index in [-0.39, 0.29) is 17.2 Å². The first-order valence-electron chi connectivity index (χ1n) is 11.6. The average Bonchev–Trinajstić information content (AvgIpc) is 3.19. The van der Waals surface area contributed by atoms with Crippen molar-refractivity contribution in [1.82, 2.24) is 19.2 Å². The highest BCUT2D eigenvalue weighted by atomic mass is 32.2. The van der Waals surface area contributed by atoms with E-state index in [2.05, 4.69) is 30.1 Å². The fourth-order valence-corrected chi connectivity index (χ4v) is 6.22. The number of rotatable bonds is 6. The van der Waals surface area contributed by atoms with Crippen LogP contribution in [0.25, 0.3) is 16.7 Å². The van der Waals surface area contributed by atoms with E-state index < -0.39 is 0 Å². The first-order valence-corrected chi connectivity index (χ1v) is 13.5. The molecule has 0 spiro atoms. The summed E-state index contributed by atoms with van der Waals surface area (Å²) in [7, 11) is 0. The van der Waals surface area contributed by atoms with Gasteiger partial charge in [-0.3, -0.25) is 18.6 Å². The molecular weight excluding hydrogens is 466 g/mol. The van der Waals surface area contributed by atoms with Crippen LogP contribution in [0.5, 0.6) is 0 Å². The Hall–Kier alpha value is -2.78. The molecule has 2 aromatic carbocycles. The van der Waals surface area contributed by atoms with Gasteiger partial charge in [0.15, 0.2) is 5.16 Å². The second kappa shape index (κ2) is 9.84. The topological polar surface area (TPSA) is 72.5 Å². The van der Waals surface area contributed by atoms with Gasteiger partial charge >= 0.3 is 0 Å². The summed E-state index contributed by atoms with van der Waals surface area (Å²) in [5.41, 5.74) is 1.69. The van der Waals surface area contributed by atoms with Gasteiger partial charge in [-0.2, -0.15) is 0 Å². The zero-order chi connectivity index (χ0) is 23.7. The van der Waals surface area contributed by atoms with Crippen molar-refractivity contribution < 1.29 is 4.79 Å². The Balaban J connectivity index is 1.48. The zero-order valence-corrected chi connectivity index (χ0v) is 20.9. The van der Waals surface area contributed by atoms with E-state index in [0.717, 1.165) is 35.4 Å². The Labute approximate surface area is 206 Å². The van der Waals surface area contributed by atoms with Gasteiger partial charge in [0.25, 0.3) is 5.56 Å². The van der Waals surface area contributed by atoms with Gasteiger partial charge in [-0.05, 0) is 37.1 Å². The molecule has 4 aromatic rings. The second-order valence-electron chi connectivity index (χ2n) is 8.46. The van der Waals surface area contributed by atoms with Crippen molar-refractivity contribution in [2.45, 2.75) is 55.0 Å². The third kappa shape index (κ3) is 4.22. The molecule has 1 aliphatic heterocycles. The Morgan fingerprint density at radius 1 is 1.15 bits per heavy atom. The van der Waals surface area contributed by atoms with E-state index >= 15 is 0 Å². The Kier molecular flexibility index (Phi) is 6.65. The highest BCUT2D eigenvalue weighted by Crippen LogP contribution is 2.37. The fourth-order valence-electron chi connectivity index (χ4n) is 4.29. The maximum atomic E-state index is 13.4. The molecule has 0 saturated heterocycles. The van der Waals surface area contributed by atoms with Crippen molar-refractivity contribution in [2.75, 3.05) is 17.2 Å². The van der Waals surface area contributed by atoms with Crippen LogP contribution in [0.15, 0.2) is 63.4 Å². The van der Waals surface area contributed by atoms with Crippen molar-refractivity contribution in [2.24, 2.45) is 0 Å². The summed E-state index contributed by atoms with van der Waals surface area (Å²) < 4.78 is 3.62. The summed E-state index contributed by atoms with van der Waals surface area (Å²) in [4.78, 5) is 29.5. The minimum absolute atomic E-state index is 0.0486. The first kappa shape index (κ1) is 23.0. The summed E-state index contributed by atoms with van der Waals surface area (Å²) in [6.07, 6.45) is 2.80. The number of para-hydroxylation sites is 2. The van der Waals surface area contributed by atoms with Crippen molar-refractivity contribution in [3.63, 3.8) is 0 Å². The lowest BCUT2D eigenvalue weighted by Crippen LogP contribution is -2.33. The van der Waals surface area contributed by atoms with E-state index in [1.165, 1.54) is 11.8 Å². The molecule has 0 saturated carbocycles. The standard InChI is InChI=1S/C25H27N5O2S2/c1-3-4-14-29-23(32)18-9-5-6-10-19(18)30-24(29)26-27-25(30)33-16-22(31)28-15-13-17(2)34-21-12-8-7-11-20(21)28/h5-12,17H,3-4,13-16H2,1-2H3. The highest BCUT2D eigenvalue weighted by molar-refractivity contribution is 8.00. The number of carbonyl (C=O) groups excluding carboxylic acids is 1. The molecule has 0 N–H and O–H groups in total. The lowest BCUT2D eigenvalue weighted by molar-refractivity contribution is -0.116. The smallest absolute Gasteiger partial charge is 0.262 e. The van der Waals surface area contributed by atoms with Crippen LogP contribution in [0.4, 0.5) is 5.69 Å². The van der Waals surface area contributed by atoms with Gasteiger partial charge in [-0.1, -0.05) is 56.3 Å². The quantitative estimate of drug-likeness (QED) is 0.358. The number of thioether (sulfide) groups is 2. The normalized spacial score (nSPS) is 16.1. The molecule has 1 unspecified atom stereocenters. The number of anilines is 1. The molecule has 0 fully saturated rings. The summed E-state index contributed by atoms with van der Waals surface area (Å²) in [5, 5.41) is 10.5. The summed E-state index contributed by atoms with van der Waals surface area (Å²) >= 11 is 3.19. The largest absolute Gasteiger partial charge is 0.311 e. The molecule has 2 aromatic heterocycles. The molecule has 176 valence electrons. The summed E-state index contributed by atoms with van der Waals surface area (Å²) in [5.74, 6) is 0.821. The fraction of sp³-hybridized carbons (Fsp3) is 0.360. The predicted molar refractivity (Wildman–Crippen MR) is 139 cm³/mol. The van der Waals surface area contributed by atoms with E-state index in [9.17, 15) is 9.59 Å². The SMILES string of the molecule is CCCCn1c(=O)c2ccccc2n2c(SCC(=O)N3CCC(C)Sc4ccccc43)nnc12. The number of fused-ring (bicyclic) bond motifs is 4. The van der Waals surface area contributed by atoms with Crippen LogP contribution in [0.3, 0.4) is 0 Å². The molecule has 7 nitrogen and oxygen atoms in total. The Morgan fingerprint density at radius 2 is 1.94 bits per heavy atom. The van der Waals surface area contributed by atoms with Gasteiger partial charge in [0.05, 0.1) is 22.3 Å². The third-order valence-corrected chi connectivity index (χ3v) is 8.23. The molecule has 1 atom stereocenters. The zero-order valence-electron chi connectivity index (χ0n) is 19.3. The van der Waals surface area contributed by atoms with Crippen LogP contribution < -0.4 is 10.5 Å². The van der Waals surface area contributed by atoms with E-state index in [4.69, 9.17) is 0 Å². The van der Waals surface area contributed by atoms with Crippen LogP contribution in [0, 0.1) is 0 Å². The maximum absolute atomic E-state index is 13.4. The van der Waals surface area contributed by atoms with Crippen LogP contribution in [0.1, 0.15) is 33.1 Å². The lowest BCUT2D eigenvalue weighted by atomic mass is 10.2. The van der Waals surface area contributed by atoms with Gasteiger partial charge in [0, 0.05) is 23.2 Å². The minimum Gasteiger partial charge on any atom is -0.311 e. The molecular formula is C25H27N5O2S2. The van der Waals surface area contributed by atoms with E-state index in [1.54, 1.807) is 4.57 Å². The number of nitrogens with zero attached hydrogens (tertiary/aromatic N) is 5. The summed E-state index contributed by atoms with van der Waals surface area (Å²) in [6.45, 7) is 5.59. The molecule has 1 amide bonds. The number of hydrogen-bond acceptors (Lipinski definition) is 6. The van der Waals surface area contributed by atoms with Crippen LogP contribution in [0.2, 0.25) is 0 Å². The monoisotopic (exact) mass is 493 g/mol. The Bertz CT molecular complexity index is 1410. The Morgan fingerprint density at radius 3 is 2.79 bits per heavy atom. The number of hydrogen-bond donors (Lipinski definition) is 0. The number of aromatic nitrogens is 4. The number of aryl methyl sites for hydroxylation is 1. The number of unbranched alkanes of at least 4 members (excludes halogenated alkanes) is 1. The van der Waals surface area contributed by atoms with Crippen LogP contribution >= 0.6 is 23.5 Å². The predicted octanol–water partition coefficient (Wildman–Crippen LogP) is 4.85. The molecule has 9 heteroatoms. The van der Waals surface area contributed by atoms with Gasteiger partial charge in [-0.15, -0.1) is 22.0 Å². The van der Waals surface area contributed by atoms with E-state index in [1.807, 2.05) is 63.5 Å². The van der Waals surface area contributed by atoms with Crippen molar-refractivity contribution >= 4 is 51.8 Å². The van der Waals surface area contributed by atoms with Crippen molar-refractivity contribution in [3.05, 3.63) is 58.9 Å². The van der Waals surface area contributed by atoms with Gasteiger partial charge in [0.1, 0.15) is 0 Å². The molecule has 3 heterocycles. The first-order chi connectivity index (χ1) is 16.6. The van der Waals surface area contributed by atoms with Gasteiger partial charge < -0.3 is 4.90 Å². The maximum Gasteiger partial charge on any atom is 0.262 e. The van der Waals surface area contributed by atoms with Crippen molar-refractivity contribution in [3.8, 4) is 0 Å². The molecule has 0 radical (unpaired) electrons. The second-order valence-corrected chi connectivity index (χ2v) is 10.9. The van der Waals surface area contributed by atoms with Crippen LogP contribution in [-0.4, -0.2) is 42.6 Å². The minimum atomic E-state index is -0.0515. The molecule has 1 aliphatic rings. The van der Waals surface area contributed by atoms with Gasteiger partial charge in [-0.25, -0.2) is 0 Å². The number of amides is 1. The highest BCUT2D eigenvalue weighted by Gasteiger charge is 2.25. The van der Waals surface area contributed by atoms with Gasteiger partial charge in [0.2, 0.25) is 11.7 Å². The average molecular weight is 494 g/mol. The third-order valence-electron chi connectivity index (χ3n) is 6.08. The number of carbonyl (C=O) groups is 1. The van der Waals surface area contributed by atoms with Crippen LogP contribution in [-0.2, 0) is 11.3 Å². The summed E-state index contributed by atoms with van der Waals surface area (Å²) in [6, 6.07) is 15.6. The van der Waals surface area contributed by atoms with Crippen molar-refractivity contribution in [1.29, 1.82) is 0 Å². The lowest BCUT2D eigenvalue weighted by Gasteiger charge is -2.22. The van der Waals surface area contributed by atoms with E-state index in [0.29, 0.717) is 34.7 Å². The number of benzene rings is 2. The molecule has 0 aliphatic carbocycles. The molecule has 0 bridgehead atoms.